The molecule has 0 saturated carbocycles. The highest BCUT2D eigenvalue weighted by Crippen LogP contribution is 2.39. The molecule has 0 saturated heterocycles. The lowest BCUT2D eigenvalue weighted by atomic mass is 9.93. The van der Waals surface area contributed by atoms with Crippen LogP contribution in [0.1, 0.15) is 26.2 Å². The molecule has 0 aromatic carbocycles. The first kappa shape index (κ1) is 20.2. The number of hydrogen-bond acceptors (Lipinski definition) is 6. The van der Waals surface area contributed by atoms with Crippen LogP contribution in [0.3, 0.4) is 0 Å². The van der Waals surface area contributed by atoms with Gasteiger partial charge in [0, 0.05) is 6.16 Å². The molecule has 20 heavy (non-hydrogen) atoms. The number of aliphatic hydroxyl groups is 2. The zero-order chi connectivity index (χ0) is 15.6. The minimum atomic E-state index is -4.71. The number of phosphoric ester groups is 1. The third kappa shape index (κ3) is 9.21. The normalized spacial score (nSPS) is 14.4. The van der Waals surface area contributed by atoms with E-state index in [1.807, 2.05) is 6.92 Å². The lowest BCUT2D eigenvalue weighted by Crippen LogP contribution is -2.38. The molecule has 10 heteroatoms. The van der Waals surface area contributed by atoms with Crippen molar-refractivity contribution in [3.8, 4) is 0 Å². The minimum Gasteiger partial charge on any atom is -0.396 e. The number of hydrogen-bond donors (Lipinski definition) is 4. The Morgan fingerprint density at radius 1 is 1.15 bits per heavy atom. The summed E-state index contributed by atoms with van der Waals surface area (Å²) >= 11 is 0. The van der Waals surface area contributed by atoms with E-state index in [1.165, 1.54) is 0 Å². The predicted octanol–water partition coefficient (Wildman–Crippen LogP) is 0.748. The summed E-state index contributed by atoms with van der Waals surface area (Å²) in [6.07, 6.45) is 3.10. The van der Waals surface area contributed by atoms with Crippen LogP contribution in [0.25, 0.3) is 0 Å². The third-order valence-corrected chi connectivity index (χ3v) is 4.43. The number of unbranched alkanes of at least 4 members (excludes halogenated alkanes) is 2. The molecular formula is C10H24O8P2. The van der Waals surface area contributed by atoms with Crippen LogP contribution in [0, 0.1) is 5.41 Å². The van der Waals surface area contributed by atoms with Gasteiger partial charge in [0.15, 0.2) is 8.03 Å². The maximum absolute atomic E-state index is 11.6. The quantitative estimate of drug-likeness (QED) is 0.303. The van der Waals surface area contributed by atoms with E-state index in [2.05, 4.69) is 4.52 Å². The van der Waals surface area contributed by atoms with Crippen LogP contribution in [0.15, 0.2) is 0 Å². The molecule has 4 N–H and O–H groups in total. The van der Waals surface area contributed by atoms with E-state index in [0.717, 1.165) is 19.3 Å². The van der Waals surface area contributed by atoms with E-state index < -0.39 is 41.1 Å². The topological polar surface area (TPSA) is 134 Å². The molecule has 0 spiro atoms. The van der Waals surface area contributed by atoms with E-state index in [0.29, 0.717) is 6.16 Å². The summed E-state index contributed by atoms with van der Waals surface area (Å²) in [6, 6.07) is 0. The molecule has 0 fully saturated rings. The molecule has 1 unspecified atom stereocenters. The van der Waals surface area contributed by atoms with Gasteiger partial charge in [-0.25, -0.2) is 4.57 Å². The Bertz CT molecular complexity index is 325. The van der Waals surface area contributed by atoms with Crippen LogP contribution in [0.5, 0.6) is 0 Å². The third-order valence-electron chi connectivity index (χ3n) is 2.73. The monoisotopic (exact) mass is 334 g/mol. The Labute approximate surface area is 119 Å². The van der Waals surface area contributed by atoms with E-state index in [-0.39, 0.29) is 6.61 Å². The van der Waals surface area contributed by atoms with E-state index in [9.17, 15) is 19.3 Å². The first-order valence-electron chi connectivity index (χ1n) is 6.36. The van der Waals surface area contributed by atoms with Crippen molar-refractivity contribution in [2.24, 2.45) is 5.41 Å². The van der Waals surface area contributed by atoms with Crippen molar-refractivity contribution in [2.45, 2.75) is 26.2 Å². The smallest absolute Gasteiger partial charge is 0.396 e. The van der Waals surface area contributed by atoms with E-state index in [4.69, 9.17) is 14.3 Å². The summed E-state index contributed by atoms with van der Waals surface area (Å²) in [5.41, 5.74) is -1.38. The fraction of sp³-hybridized carbons (Fsp3) is 1.00. The molecule has 0 bridgehead atoms. The van der Waals surface area contributed by atoms with E-state index >= 15 is 0 Å². The molecule has 0 aliphatic heterocycles. The summed E-state index contributed by atoms with van der Waals surface area (Å²) < 4.78 is 31.6. The molecular weight excluding hydrogens is 310 g/mol. The summed E-state index contributed by atoms with van der Waals surface area (Å²) in [5.74, 6) is 0. The predicted molar refractivity (Wildman–Crippen MR) is 73.9 cm³/mol. The number of rotatable bonds is 12. The summed E-state index contributed by atoms with van der Waals surface area (Å²) in [6.45, 7) is -0.0699. The van der Waals surface area contributed by atoms with Gasteiger partial charge in [-0.2, -0.15) is 0 Å². The van der Waals surface area contributed by atoms with Crippen LogP contribution < -0.4 is 0 Å². The Morgan fingerprint density at radius 2 is 1.75 bits per heavy atom. The van der Waals surface area contributed by atoms with Gasteiger partial charge in [0.2, 0.25) is 0 Å². The molecule has 0 rings (SSSR count). The number of aliphatic hydroxyl groups excluding tert-OH is 2. The van der Waals surface area contributed by atoms with Gasteiger partial charge in [-0.05, 0) is 6.42 Å². The Hall–Kier alpha value is 0.220. The molecule has 0 aromatic heterocycles. The van der Waals surface area contributed by atoms with Gasteiger partial charge < -0.3 is 24.5 Å². The van der Waals surface area contributed by atoms with Gasteiger partial charge in [0.05, 0.1) is 31.8 Å². The number of phosphoric acid groups is 1. The van der Waals surface area contributed by atoms with Crippen molar-refractivity contribution < 1.29 is 38.2 Å². The lowest BCUT2D eigenvalue weighted by molar-refractivity contribution is -0.0232. The van der Waals surface area contributed by atoms with Crippen LogP contribution in [0.2, 0.25) is 0 Å². The van der Waals surface area contributed by atoms with E-state index in [1.54, 1.807) is 0 Å². The molecule has 0 amide bonds. The first-order valence-corrected chi connectivity index (χ1v) is 9.41. The maximum Gasteiger partial charge on any atom is 0.469 e. The zero-order valence-electron chi connectivity index (χ0n) is 11.5. The Kier molecular flexibility index (Phi) is 10.1. The van der Waals surface area contributed by atoms with Crippen LogP contribution in [-0.4, -0.2) is 52.6 Å². The molecule has 8 nitrogen and oxygen atoms in total. The molecule has 122 valence electrons. The molecule has 0 heterocycles. The van der Waals surface area contributed by atoms with Gasteiger partial charge in [-0.3, -0.25) is 9.09 Å². The largest absolute Gasteiger partial charge is 0.469 e. The fourth-order valence-electron chi connectivity index (χ4n) is 1.32. The Balaban J connectivity index is 4.31. The van der Waals surface area contributed by atoms with Crippen molar-refractivity contribution >= 4 is 15.9 Å². The van der Waals surface area contributed by atoms with Gasteiger partial charge in [-0.15, -0.1) is 0 Å². The van der Waals surface area contributed by atoms with Crippen molar-refractivity contribution in [3.63, 3.8) is 0 Å². The zero-order valence-corrected chi connectivity index (χ0v) is 13.4. The highest BCUT2D eigenvalue weighted by molar-refractivity contribution is 7.46. The maximum atomic E-state index is 11.6. The summed E-state index contributed by atoms with van der Waals surface area (Å²) in [7, 11) is -6.99. The average molecular weight is 334 g/mol. The molecule has 0 aromatic rings. The average Bonchev–Trinajstić information content (AvgIpc) is 2.39. The van der Waals surface area contributed by atoms with Gasteiger partial charge in [0.1, 0.15) is 0 Å². The van der Waals surface area contributed by atoms with Crippen molar-refractivity contribution in [1.29, 1.82) is 0 Å². The standard InChI is InChI=1S/C10H24O8P2/c1-2-3-4-5-19(13)17-8-10(6-11,7-12)9-18-20(14,15)16/h11-12,19H,2-9H2,1H3,(H2,14,15,16). The summed E-state index contributed by atoms with van der Waals surface area (Å²) in [5, 5.41) is 18.5. The highest BCUT2D eigenvalue weighted by atomic mass is 31.2. The highest BCUT2D eigenvalue weighted by Gasteiger charge is 2.33. The van der Waals surface area contributed by atoms with Crippen LogP contribution in [0.4, 0.5) is 0 Å². The SMILES string of the molecule is CCCCC[PH](=O)OCC(CO)(CO)COP(=O)(O)O. The second-order valence-corrected chi connectivity index (χ2v) is 7.47. The van der Waals surface area contributed by atoms with Crippen molar-refractivity contribution in [2.75, 3.05) is 32.6 Å². The van der Waals surface area contributed by atoms with Gasteiger partial charge in [-0.1, -0.05) is 19.8 Å². The van der Waals surface area contributed by atoms with Crippen molar-refractivity contribution in [3.05, 3.63) is 0 Å². The van der Waals surface area contributed by atoms with Crippen molar-refractivity contribution in [1.82, 2.24) is 0 Å². The second-order valence-electron chi connectivity index (χ2n) is 4.70. The molecule has 1 atom stereocenters. The second kappa shape index (κ2) is 10.0. The molecule has 0 aliphatic rings. The fourth-order valence-corrected chi connectivity index (χ4v) is 2.91. The first-order chi connectivity index (χ1) is 9.28. The van der Waals surface area contributed by atoms with Crippen LogP contribution in [-0.2, 0) is 18.2 Å². The molecule has 0 aliphatic carbocycles. The lowest BCUT2D eigenvalue weighted by Gasteiger charge is -2.28. The van der Waals surface area contributed by atoms with Gasteiger partial charge in [0.25, 0.3) is 0 Å². The minimum absolute atomic E-state index is 0.288. The van der Waals surface area contributed by atoms with Gasteiger partial charge >= 0.3 is 7.82 Å². The molecule has 0 radical (unpaired) electrons. The Morgan fingerprint density at radius 3 is 2.20 bits per heavy atom. The van der Waals surface area contributed by atoms with Crippen LogP contribution >= 0.6 is 15.9 Å². The summed E-state index contributed by atoms with van der Waals surface area (Å²) in [4.78, 5) is 17.2.